The first kappa shape index (κ1) is 14.7. The molecule has 0 aromatic heterocycles. The van der Waals surface area contributed by atoms with E-state index in [1.54, 1.807) is 0 Å². The molecule has 0 radical (unpaired) electrons. The lowest BCUT2D eigenvalue weighted by Crippen LogP contribution is -2.35. The van der Waals surface area contributed by atoms with Crippen LogP contribution in [0.3, 0.4) is 0 Å². The standard InChI is InChI=1S/C18H27NO2/c1-13(19-15-8-9-18(2,3)11-15)4-5-14-6-7-16-17(10-14)21-12-20-16/h6-7,10,13,15,19H,4-5,8-9,11-12H2,1-3H3. The molecule has 1 saturated carbocycles. The minimum atomic E-state index is 0.355. The summed E-state index contributed by atoms with van der Waals surface area (Å²) in [5.74, 6) is 1.77. The van der Waals surface area contributed by atoms with Crippen molar-refractivity contribution in [3.05, 3.63) is 23.8 Å². The summed E-state index contributed by atoms with van der Waals surface area (Å²) in [6.45, 7) is 7.42. The lowest BCUT2D eigenvalue weighted by Gasteiger charge is -2.21. The summed E-state index contributed by atoms with van der Waals surface area (Å²) in [4.78, 5) is 0. The van der Waals surface area contributed by atoms with Crippen LogP contribution < -0.4 is 14.8 Å². The second-order valence-electron chi connectivity index (χ2n) is 7.40. The lowest BCUT2D eigenvalue weighted by molar-refractivity contribution is 0.174. The van der Waals surface area contributed by atoms with Crippen LogP contribution in [-0.4, -0.2) is 18.9 Å². The molecule has 1 aromatic carbocycles. The summed E-state index contributed by atoms with van der Waals surface area (Å²) in [7, 11) is 0. The van der Waals surface area contributed by atoms with Crippen molar-refractivity contribution in [2.45, 2.75) is 65.0 Å². The third kappa shape index (κ3) is 3.70. The maximum Gasteiger partial charge on any atom is 0.231 e. The Hall–Kier alpha value is -1.22. The van der Waals surface area contributed by atoms with Crippen molar-refractivity contribution in [2.75, 3.05) is 6.79 Å². The molecule has 0 saturated heterocycles. The molecule has 1 aromatic rings. The van der Waals surface area contributed by atoms with Crippen molar-refractivity contribution >= 4 is 0 Å². The van der Waals surface area contributed by atoms with Gasteiger partial charge in [0.25, 0.3) is 0 Å². The van der Waals surface area contributed by atoms with Crippen molar-refractivity contribution in [1.29, 1.82) is 0 Å². The van der Waals surface area contributed by atoms with Gasteiger partial charge >= 0.3 is 0 Å². The maximum atomic E-state index is 5.44. The van der Waals surface area contributed by atoms with Gasteiger partial charge < -0.3 is 14.8 Å². The predicted molar refractivity (Wildman–Crippen MR) is 84.9 cm³/mol. The molecule has 1 aliphatic carbocycles. The number of aryl methyl sites for hydroxylation is 1. The third-order valence-electron chi connectivity index (χ3n) is 4.79. The largest absolute Gasteiger partial charge is 0.454 e. The molecule has 2 unspecified atom stereocenters. The molecule has 21 heavy (non-hydrogen) atoms. The zero-order valence-electron chi connectivity index (χ0n) is 13.4. The average molecular weight is 289 g/mol. The second kappa shape index (κ2) is 5.88. The van der Waals surface area contributed by atoms with Crippen molar-refractivity contribution in [2.24, 2.45) is 5.41 Å². The van der Waals surface area contributed by atoms with E-state index in [2.05, 4.69) is 38.2 Å². The van der Waals surface area contributed by atoms with Crippen LogP contribution in [-0.2, 0) is 6.42 Å². The Balaban J connectivity index is 1.46. The van der Waals surface area contributed by atoms with Crippen LogP contribution in [0.1, 0.15) is 52.0 Å². The van der Waals surface area contributed by atoms with Gasteiger partial charge in [0, 0.05) is 12.1 Å². The van der Waals surface area contributed by atoms with E-state index in [0.29, 0.717) is 24.3 Å². The molecular formula is C18H27NO2. The van der Waals surface area contributed by atoms with E-state index in [1.165, 1.54) is 24.8 Å². The number of fused-ring (bicyclic) bond motifs is 1. The van der Waals surface area contributed by atoms with Gasteiger partial charge in [-0.25, -0.2) is 0 Å². The molecule has 3 heteroatoms. The van der Waals surface area contributed by atoms with Crippen molar-refractivity contribution in [1.82, 2.24) is 5.32 Å². The van der Waals surface area contributed by atoms with Crippen LogP contribution in [0.4, 0.5) is 0 Å². The summed E-state index contributed by atoms with van der Waals surface area (Å²) < 4.78 is 10.8. The topological polar surface area (TPSA) is 30.5 Å². The van der Waals surface area contributed by atoms with Crippen molar-refractivity contribution in [3.63, 3.8) is 0 Å². The normalized spacial score (nSPS) is 24.2. The first-order valence-electron chi connectivity index (χ1n) is 8.16. The number of hydrogen-bond acceptors (Lipinski definition) is 3. The molecule has 0 bridgehead atoms. The highest BCUT2D eigenvalue weighted by atomic mass is 16.7. The van der Waals surface area contributed by atoms with E-state index in [9.17, 15) is 0 Å². The van der Waals surface area contributed by atoms with Gasteiger partial charge in [0.05, 0.1) is 0 Å². The Morgan fingerprint density at radius 2 is 2.10 bits per heavy atom. The lowest BCUT2D eigenvalue weighted by atomic mass is 9.91. The quantitative estimate of drug-likeness (QED) is 0.891. The Kier molecular flexibility index (Phi) is 4.12. The highest BCUT2D eigenvalue weighted by Gasteiger charge is 2.31. The van der Waals surface area contributed by atoms with Gasteiger partial charge in [0.1, 0.15) is 0 Å². The molecule has 1 fully saturated rings. The first-order chi connectivity index (χ1) is 10.0. The summed E-state index contributed by atoms with van der Waals surface area (Å²) in [6, 6.07) is 7.56. The first-order valence-corrected chi connectivity index (χ1v) is 8.16. The SMILES string of the molecule is CC(CCc1ccc2c(c1)OCO2)NC1CCC(C)(C)C1. The Labute approximate surface area is 128 Å². The summed E-state index contributed by atoms with van der Waals surface area (Å²) in [6.07, 6.45) is 6.22. The molecule has 2 aliphatic rings. The monoisotopic (exact) mass is 289 g/mol. The number of ether oxygens (including phenoxy) is 2. The van der Waals surface area contributed by atoms with Crippen LogP contribution >= 0.6 is 0 Å². The Morgan fingerprint density at radius 3 is 2.86 bits per heavy atom. The van der Waals surface area contributed by atoms with Crippen LogP contribution in [0.25, 0.3) is 0 Å². The van der Waals surface area contributed by atoms with Crippen LogP contribution in [0.15, 0.2) is 18.2 Å². The van der Waals surface area contributed by atoms with Crippen LogP contribution in [0.2, 0.25) is 0 Å². The van der Waals surface area contributed by atoms with E-state index in [0.717, 1.165) is 24.3 Å². The van der Waals surface area contributed by atoms with Gasteiger partial charge in [-0.2, -0.15) is 0 Å². The number of nitrogens with one attached hydrogen (secondary N) is 1. The van der Waals surface area contributed by atoms with Gasteiger partial charge in [-0.15, -0.1) is 0 Å². The highest BCUT2D eigenvalue weighted by molar-refractivity contribution is 5.44. The molecule has 116 valence electrons. The predicted octanol–water partition coefficient (Wildman–Crippen LogP) is 3.90. The Morgan fingerprint density at radius 1 is 1.29 bits per heavy atom. The molecular weight excluding hydrogens is 262 g/mol. The third-order valence-corrected chi connectivity index (χ3v) is 4.79. The summed E-state index contributed by atoms with van der Waals surface area (Å²) in [5, 5.41) is 3.80. The Bertz CT molecular complexity index is 498. The fraction of sp³-hybridized carbons (Fsp3) is 0.667. The summed E-state index contributed by atoms with van der Waals surface area (Å²) in [5.41, 5.74) is 1.86. The van der Waals surface area contributed by atoms with Crippen molar-refractivity contribution < 1.29 is 9.47 Å². The van der Waals surface area contributed by atoms with Crippen LogP contribution in [0.5, 0.6) is 11.5 Å². The molecule has 0 amide bonds. The smallest absolute Gasteiger partial charge is 0.231 e. The molecule has 1 aliphatic heterocycles. The van der Waals surface area contributed by atoms with Gasteiger partial charge in [-0.1, -0.05) is 19.9 Å². The molecule has 3 nitrogen and oxygen atoms in total. The van der Waals surface area contributed by atoms with E-state index < -0.39 is 0 Å². The fourth-order valence-corrected chi connectivity index (χ4v) is 3.54. The number of hydrogen-bond donors (Lipinski definition) is 1. The van der Waals surface area contributed by atoms with Gasteiger partial charge in [-0.05, 0) is 62.1 Å². The van der Waals surface area contributed by atoms with E-state index in [4.69, 9.17) is 9.47 Å². The average Bonchev–Trinajstić information content (AvgIpc) is 3.02. The van der Waals surface area contributed by atoms with Crippen molar-refractivity contribution in [3.8, 4) is 11.5 Å². The zero-order chi connectivity index (χ0) is 14.9. The minimum absolute atomic E-state index is 0.355. The minimum Gasteiger partial charge on any atom is -0.454 e. The fourth-order valence-electron chi connectivity index (χ4n) is 3.54. The summed E-state index contributed by atoms with van der Waals surface area (Å²) >= 11 is 0. The maximum absolute atomic E-state index is 5.44. The molecule has 3 rings (SSSR count). The molecule has 2 atom stereocenters. The number of benzene rings is 1. The van der Waals surface area contributed by atoms with Gasteiger partial charge in [0.15, 0.2) is 11.5 Å². The van der Waals surface area contributed by atoms with E-state index in [-0.39, 0.29) is 0 Å². The van der Waals surface area contributed by atoms with E-state index >= 15 is 0 Å². The second-order valence-corrected chi connectivity index (χ2v) is 7.40. The van der Waals surface area contributed by atoms with Gasteiger partial charge in [-0.3, -0.25) is 0 Å². The molecule has 0 spiro atoms. The molecule has 1 heterocycles. The van der Waals surface area contributed by atoms with Gasteiger partial charge in [0.2, 0.25) is 6.79 Å². The molecule has 1 N–H and O–H groups in total. The zero-order valence-corrected chi connectivity index (χ0v) is 13.4. The highest BCUT2D eigenvalue weighted by Crippen LogP contribution is 2.37. The van der Waals surface area contributed by atoms with E-state index in [1.807, 2.05) is 6.07 Å². The van der Waals surface area contributed by atoms with Crippen LogP contribution in [0, 0.1) is 5.41 Å². The number of rotatable bonds is 5.